The van der Waals surface area contributed by atoms with Gasteiger partial charge in [-0.2, -0.15) is 0 Å². The van der Waals surface area contributed by atoms with E-state index in [0.29, 0.717) is 5.84 Å². The first-order valence-electron chi connectivity index (χ1n) is 8.13. The second-order valence-electron chi connectivity index (χ2n) is 6.46. The number of fused-ring (bicyclic) bond motifs is 2. The van der Waals surface area contributed by atoms with Gasteiger partial charge in [0.1, 0.15) is 5.84 Å². The van der Waals surface area contributed by atoms with Gasteiger partial charge in [0.05, 0.1) is 11.1 Å². The van der Waals surface area contributed by atoms with Crippen molar-refractivity contribution in [3.8, 4) is 11.1 Å². The minimum atomic E-state index is -0.156. The molecular formula is C19H19ClN2O. The summed E-state index contributed by atoms with van der Waals surface area (Å²) in [6.07, 6.45) is 5.66. The maximum absolute atomic E-state index is 9.58. The molecule has 2 aromatic carbocycles. The molecule has 1 saturated carbocycles. The zero-order chi connectivity index (χ0) is 15.9. The van der Waals surface area contributed by atoms with Crippen LogP contribution in [-0.2, 0) is 5.41 Å². The van der Waals surface area contributed by atoms with Gasteiger partial charge in [-0.05, 0) is 53.8 Å². The van der Waals surface area contributed by atoms with Crippen LogP contribution in [-0.4, -0.2) is 11.0 Å². The van der Waals surface area contributed by atoms with Crippen molar-refractivity contribution in [3.63, 3.8) is 0 Å². The van der Waals surface area contributed by atoms with Crippen molar-refractivity contribution >= 4 is 23.1 Å². The van der Waals surface area contributed by atoms with Gasteiger partial charge in [0.15, 0.2) is 0 Å². The summed E-state index contributed by atoms with van der Waals surface area (Å²) in [6, 6.07) is 14.3. The second kappa shape index (κ2) is 5.66. The van der Waals surface area contributed by atoms with E-state index in [1.165, 1.54) is 24.8 Å². The molecule has 4 heteroatoms. The van der Waals surface area contributed by atoms with E-state index >= 15 is 0 Å². The third-order valence-electron chi connectivity index (χ3n) is 5.17. The molecule has 1 spiro atoms. The smallest absolute Gasteiger partial charge is 0.136 e. The molecule has 118 valence electrons. The fourth-order valence-corrected chi connectivity index (χ4v) is 4.20. The first-order chi connectivity index (χ1) is 11.2. The minimum Gasteiger partial charge on any atom is -0.290 e. The number of hydrogen-bond acceptors (Lipinski definition) is 3. The van der Waals surface area contributed by atoms with Crippen molar-refractivity contribution < 1.29 is 5.21 Å². The number of rotatable bonds is 1. The molecule has 0 unspecified atom stereocenters. The molecule has 2 aromatic rings. The lowest BCUT2D eigenvalue weighted by molar-refractivity contribution is 0.218. The number of benzene rings is 2. The van der Waals surface area contributed by atoms with Crippen molar-refractivity contribution in [1.29, 1.82) is 0 Å². The topological polar surface area (TPSA) is 44.6 Å². The third-order valence-corrected chi connectivity index (χ3v) is 5.40. The predicted octanol–water partition coefficient (Wildman–Crippen LogP) is 5.23. The van der Waals surface area contributed by atoms with Crippen LogP contribution in [0, 0.1) is 0 Å². The number of nitrogens with one attached hydrogen (secondary N) is 1. The Hall–Kier alpha value is -1.84. The molecule has 1 aliphatic carbocycles. The fraction of sp³-hybridized carbons (Fsp3) is 0.316. The van der Waals surface area contributed by atoms with Gasteiger partial charge in [-0.1, -0.05) is 49.1 Å². The lowest BCUT2D eigenvalue weighted by Gasteiger charge is -2.35. The Morgan fingerprint density at radius 3 is 2.52 bits per heavy atom. The molecule has 0 aromatic heterocycles. The summed E-state index contributed by atoms with van der Waals surface area (Å²) in [5.41, 5.74) is 6.66. The van der Waals surface area contributed by atoms with E-state index in [1.807, 2.05) is 24.3 Å². The normalized spacial score (nSPS) is 18.6. The lowest BCUT2D eigenvalue weighted by Crippen LogP contribution is -2.42. The Labute approximate surface area is 141 Å². The van der Waals surface area contributed by atoms with Crippen LogP contribution in [0.15, 0.2) is 47.5 Å². The highest BCUT2D eigenvalue weighted by atomic mass is 35.5. The number of amidine groups is 1. The maximum Gasteiger partial charge on any atom is 0.136 e. The Kier molecular flexibility index (Phi) is 3.63. The van der Waals surface area contributed by atoms with E-state index in [2.05, 4.69) is 28.7 Å². The molecular weight excluding hydrogens is 308 g/mol. The van der Waals surface area contributed by atoms with Crippen LogP contribution >= 0.6 is 11.6 Å². The average Bonchev–Trinajstić information content (AvgIpc) is 2.88. The zero-order valence-electron chi connectivity index (χ0n) is 12.8. The maximum atomic E-state index is 9.58. The summed E-state index contributed by atoms with van der Waals surface area (Å²) in [4.78, 5) is 4.63. The van der Waals surface area contributed by atoms with Crippen LogP contribution in [0.25, 0.3) is 11.1 Å². The van der Waals surface area contributed by atoms with Gasteiger partial charge in [-0.3, -0.25) is 10.7 Å². The number of nitrogens with zero attached hydrogens (tertiary/aromatic N) is 1. The Morgan fingerprint density at radius 1 is 1.00 bits per heavy atom. The van der Waals surface area contributed by atoms with Gasteiger partial charge in [-0.15, -0.1) is 0 Å². The Bertz CT molecular complexity index is 779. The molecule has 0 saturated heterocycles. The number of aliphatic imine (C=N–C) groups is 1. The van der Waals surface area contributed by atoms with Crippen molar-refractivity contribution in [2.45, 2.75) is 37.5 Å². The van der Waals surface area contributed by atoms with E-state index in [0.717, 1.165) is 34.7 Å². The molecule has 0 amide bonds. The van der Waals surface area contributed by atoms with E-state index in [4.69, 9.17) is 11.6 Å². The summed E-state index contributed by atoms with van der Waals surface area (Å²) in [5, 5.41) is 10.3. The highest BCUT2D eigenvalue weighted by Crippen LogP contribution is 2.49. The van der Waals surface area contributed by atoms with Crippen LogP contribution in [0.5, 0.6) is 0 Å². The van der Waals surface area contributed by atoms with Crippen LogP contribution in [0.1, 0.15) is 37.7 Å². The van der Waals surface area contributed by atoms with E-state index < -0.39 is 0 Å². The fourth-order valence-electron chi connectivity index (χ4n) is 4.01. The van der Waals surface area contributed by atoms with Crippen molar-refractivity contribution in [1.82, 2.24) is 5.48 Å². The van der Waals surface area contributed by atoms with Gasteiger partial charge in [0, 0.05) is 5.02 Å². The van der Waals surface area contributed by atoms with Crippen LogP contribution in [0.2, 0.25) is 5.02 Å². The molecule has 3 nitrogen and oxygen atoms in total. The largest absolute Gasteiger partial charge is 0.290 e. The van der Waals surface area contributed by atoms with Gasteiger partial charge >= 0.3 is 0 Å². The molecule has 1 fully saturated rings. The van der Waals surface area contributed by atoms with Gasteiger partial charge in [0.25, 0.3) is 0 Å². The summed E-state index contributed by atoms with van der Waals surface area (Å²) < 4.78 is 0. The van der Waals surface area contributed by atoms with Gasteiger partial charge in [-0.25, -0.2) is 4.99 Å². The summed E-state index contributed by atoms with van der Waals surface area (Å²) in [7, 11) is 0. The summed E-state index contributed by atoms with van der Waals surface area (Å²) in [5.74, 6) is 0.704. The molecule has 0 atom stereocenters. The average molecular weight is 327 g/mol. The molecule has 1 heterocycles. The molecule has 2 aliphatic rings. The summed E-state index contributed by atoms with van der Waals surface area (Å²) >= 11 is 6.13. The van der Waals surface area contributed by atoms with E-state index in [9.17, 15) is 5.21 Å². The first-order valence-corrected chi connectivity index (χ1v) is 8.50. The molecule has 1 aliphatic heterocycles. The van der Waals surface area contributed by atoms with Crippen LogP contribution in [0.3, 0.4) is 0 Å². The molecule has 4 rings (SSSR count). The lowest BCUT2D eigenvalue weighted by atomic mass is 9.69. The molecule has 0 radical (unpaired) electrons. The van der Waals surface area contributed by atoms with Gasteiger partial charge < -0.3 is 0 Å². The highest BCUT2D eigenvalue weighted by Gasteiger charge is 2.44. The standard InChI is InChI=1S/C19H19ClN2O/c20-15-6-4-5-13(11-15)14-7-8-17-16(12-14)19(18(21-17)22-23)9-2-1-3-10-19/h4-8,11-12,23H,1-3,9-10H2,(H,21,22). The summed E-state index contributed by atoms with van der Waals surface area (Å²) in [6.45, 7) is 0. The monoisotopic (exact) mass is 326 g/mol. The number of halogens is 1. The third kappa shape index (κ3) is 2.35. The van der Waals surface area contributed by atoms with Crippen LogP contribution < -0.4 is 5.48 Å². The quantitative estimate of drug-likeness (QED) is 0.705. The Morgan fingerprint density at radius 2 is 1.78 bits per heavy atom. The van der Waals surface area contributed by atoms with Gasteiger partial charge in [0.2, 0.25) is 0 Å². The minimum absolute atomic E-state index is 0.156. The van der Waals surface area contributed by atoms with Crippen molar-refractivity contribution in [3.05, 3.63) is 53.1 Å². The number of hydrogen-bond donors (Lipinski definition) is 2. The first kappa shape index (κ1) is 14.7. The SMILES string of the molecule is ONC1=Nc2ccc(-c3cccc(Cl)c3)cc2C12CCCCC2. The highest BCUT2D eigenvalue weighted by molar-refractivity contribution is 6.30. The van der Waals surface area contributed by atoms with Crippen molar-refractivity contribution in [2.75, 3.05) is 0 Å². The molecule has 0 bridgehead atoms. The number of hydroxylamine groups is 1. The van der Waals surface area contributed by atoms with E-state index in [1.54, 1.807) is 0 Å². The van der Waals surface area contributed by atoms with E-state index in [-0.39, 0.29) is 5.41 Å². The van der Waals surface area contributed by atoms with Crippen molar-refractivity contribution in [2.24, 2.45) is 4.99 Å². The Balaban J connectivity index is 1.82. The molecule has 23 heavy (non-hydrogen) atoms. The van der Waals surface area contributed by atoms with Crippen LogP contribution in [0.4, 0.5) is 5.69 Å². The predicted molar refractivity (Wildman–Crippen MR) is 93.7 cm³/mol. The molecule has 2 N–H and O–H groups in total. The second-order valence-corrected chi connectivity index (χ2v) is 6.89. The zero-order valence-corrected chi connectivity index (χ0v) is 13.6.